The Bertz CT molecular complexity index is 465. The lowest BCUT2D eigenvalue weighted by Gasteiger charge is -2.04. The second-order valence-electron chi connectivity index (χ2n) is 4.19. The van der Waals surface area contributed by atoms with Crippen LogP contribution in [0.4, 0.5) is 0 Å². The van der Waals surface area contributed by atoms with Crippen LogP contribution in [-0.4, -0.2) is 30.1 Å². The van der Waals surface area contributed by atoms with Gasteiger partial charge in [0.25, 0.3) is 0 Å². The molecule has 20 heavy (non-hydrogen) atoms. The van der Waals surface area contributed by atoms with Crippen LogP contribution in [0.3, 0.4) is 0 Å². The number of hydrogen-bond donors (Lipinski definition) is 2. The van der Waals surface area contributed by atoms with Gasteiger partial charge in [0.15, 0.2) is 0 Å². The Balaban J connectivity index is 2.41. The van der Waals surface area contributed by atoms with Crippen molar-refractivity contribution in [3.8, 4) is 5.75 Å². The summed E-state index contributed by atoms with van der Waals surface area (Å²) in [5, 5.41) is 10.9. The van der Waals surface area contributed by atoms with Crippen molar-refractivity contribution in [1.82, 2.24) is 5.32 Å². The molecule has 0 aliphatic heterocycles. The molecule has 1 rings (SSSR count). The molecular formula is C15H19NO4. The molecule has 0 atom stereocenters. The molecule has 108 valence electrons. The van der Waals surface area contributed by atoms with Gasteiger partial charge in [0.05, 0.1) is 13.0 Å². The summed E-state index contributed by atoms with van der Waals surface area (Å²) < 4.78 is 5.45. The number of ether oxygens (including phenoxy) is 1. The molecule has 1 aromatic carbocycles. The Labute approximate surface area is 118 Å². The number of carboxylic acid groups (broad SMARTS) is 1. The predicted molar refractivity (Wildman–Crippen MR) is 76.5 cm³/mol. The molecular weight excluding hydrogens is 258 g/mol. The Kier molecular flexibility index (Phi) is 6.89. The van der Waals surface area contributed by atoms with E-state index in [1.54, 1.807) is 6.08 Å². The Morgan fingerprint density at radius 3 is 2.60 bits per heavy atom. The van der Waals surface area contributed by atoms with Crippen molar-refractivity contribution >= 4 is 18.0 Å². The van der Waals surface area contributed by atoms with Crippen LogP contribution >= 0.6 is 0 Å². The summed E-state index contributed by atoms with van der Waals surface area (Å²) in [5.41, 5.74) is 0.877. The highest BCUT2D eigenvalue weighted by molar-refractivity contribution is 5.91. The Morgan fingerprint density at radius 1 is 1.30 bits per heavy atom. The van der Waals surface area contributed by atoms with E-state index >= 15 is 0 Å². The first-order valence-electron chi connectivity index (χ1n) is 6.52. The standard InChI is InChI=1S/C15H19NO4/c1-2-11-20-13-6-3-12(4-7-13)5-8-14(17)16-10-9-15(18)19/h3-8H,2,9-11H2,1H3,(H,16,17)(H,18,19)/b8-5+. The zero-order valence-electron chi connectivity index (χ0n) is 11.5. The van der Waals surface area contributed by atoms with Gasteiger partial charge in [0, 0.05) is 12.6 Å². The Morgan fingerprint density at radius 2 is 2.00 bits per heavy atom. The molecule has 1 amide bonds. The van der Waals surface area contributed by atoms with Crippen molar-refractivity contribution in [3.63, 3.8) is 0 Å². The minimum Gasteiger partial charge on any atom is -0.494 e. The van der Waals surface area contributed by atoms with E-state index in [1.165, 1.54) is 6.08 Å². The molecule has 5 heteroatoms. The van der Waals surface area contributed by atoms with Gasteiger partial charge < -0.3 is 15.2 Å². The summed E-state index contributed by atoms with van der Waals surface area (Å²) in [4.78, 5) is 21.7. The fourth-order valence-electron chi connectivity index (χ4n) is 1.42. The fraction of sp³-hybridized carbons (Fsp3) is 0.333. The van der Waals surface area contributed by atoms with E-state index in [1.807, 2.05) is 31.2 Å². The zero-order valence-corrected chi connectivity index (χ0v) is 11.5. The van der Waals surface area contributed by atoms with Gasteiger partial charge in [-0.2, -0.15) is 0 Å². The number of nitrogens with one attached hydrogen (secondary N) is 1. The number of amides is 1. The van der Waals surface area contributed by atoms with Crippen molar-refractivity contribution in [2.45, 2.75) is 19.8 Å². The molecule has 0 heterocycles. The first-order valence-corrected chi connectivity index (χ1v) is 6.52. The minimum absolute atomic E-state index is 0.0803. The summed E-state index contributed by atoms with van der Waals surface area (Å²) in [7, 11) is 0. The van der Waals surface area contributed by atoms with Crippen molar-refractivity contribution in [2.24, 2.45) is 0 Å². The van der Waals surface area contributed by atoms with Crippen LogP contribution in [0.2, 0.25) is 0 Å². The number of carbonyl (C=O) groups is 2. The normalized spacial score (nSPS) is 10.4. The summed E-state index contributed by atoms with van der Waals surface area (Å²) >= 11 is 0. The Hall–Kier alpha value is -2.30. The number of aliphatic carboxylic acids is 1. The van der Waals surface area contributed by atoms with Crippen molar-refractivity contribution in [1.29, 1.82) is 0 Å². The predicted octanol–water partition coefficient (Wildman–Crippen LogP) is 2.08. The van der Waals surface area contributed by atoms with E-state index in [0.717, 1.165) is 17.7 Å². The molecule has 1 aromatic rings. The van der Waals surface area contributed by atoms with Gasteiger partial charge in [-0.25, -0.2) is 0 Å². The van der Waals surface area contributed by atoms with Gasteiger partial charge in [-0.3, -0.25) is 9.59 Å². The molecule has 0 aliphatic carbocycles. The maximum Gasteiger partial charge on any atom is 0.305 e. The lowest BCUT2D eigenvalue weighted by Crippen LogP contribution is -2.23. The van der Waals surface area contributed by atoms with Crippen LogP contribution < -0.4 is 10.1 Å². The summed E-state index contributed by atoms with van der Waals surface area (Å²) in [5.74, 6) is -0.440. The van der Waals surface area contributed by atoms with Crippen LogP contribution in [0.25, 0.3) is 6.08 Å². The van der Waals surface area contributed by atoms with Gasteiger partial charge in [-0.1, -0.05) is 19.1 Å². The minimum atomic E-state index is -0.933. The molecule has 5 nitrogen and oxygen atoms in total. The average molecular weight is 277 g/mol. The van der Waals surface area contributed by atoms with Crippen LogP contribution in [0.5, 0.6) is 5.75 Å². The molecule has 0 fully saturated rings. The quantitative estimate of drug-likeness (QED) is 0.713. The molecule has 0 spiro atoms. The van der Waals surface area contributed by atoms with Gasteiger partial charge in [0.2, 0.25) is 5.91 Å². The second-order valence-corrected chi connectivity index (χ2v) is 4.19. The monoisotopic (exact) mass is 277 g/mol. The highest BCUT2D eigenvalue weighted by Crippen LogP contribution is 2.13. The number of hydrogen-bond acceptors (Lipinski definition) is 3. The van der Waals surface area contributed by atoms with Crippen molar-refractivity contribution in [2.75, 3.05) is 13.2 Å². The zero-order chi connectivity index (χ0) is 14.8. The lowest BCUT2D eigenvalue weighted by atomic mass is 10.2. The number of benzene rings is 1. The molecule has 0 saturated heterocycles. The van der Waals surface area contributed by atoms with E-state index in [-0.39, 0.29) is 18.9 Å². The third-order valence-corrected chi connectivity index (χ3v) is 2.42. The highest BCUT2D eigenvalue weighted by atomic mass is 16.5. The molecule has 0 aliphatic rings. The summed E-state index contributed by atoms with van der Waals surface area (Å²) in [6.45, 7) is 2.85. The fourth-order valence-corrected chi connectivity index (χ4v) is 1.42. The van der Waals surface area contributed by atoms with Gasteiger partial charge in [0.1, 0.15) is 5.75 Å². The van der Waals surface area contributed by atoms with Crippen LogP contribution in [0, 0.1) is 0 Å². The first kappa shape index (κ1) is 15.8. The average Bonchev–Trinajstić information content (AvgIpc) is 2.43. The lowest BCUT2D eigenvalue weighted by molar-refractivity contribution is -0.136. The topological polar surface area (TPSA) is 75.6 Å². The van der Waals surface area contributed by atoms with Gasteiger partial charge in [-0.15, -0.1) is 0 Å². The maximum atomic E-state index is 11.4. The smallest absolute Gasteiger partial charge is 0.305 e. The molecule has 0 unspecified atom stereocenters. The van der Waals surface area contributed by atoms with E-state index < -0.39 is 5.97 Å². The van der Waals surface area contributed by atoms with Crippen LogP contribution in [-0.2, 0) is 9.59 Å². The largest absolute Gasteiger partial charge is 0.494 e. The maximum absolute atomic E-state index is 11.4. The second kappa shape index (κ2) is 8.74. The third kappa shape index (κ3) is 6.58. The SMILES string of the molecule is CCCOc1ccc(/C=C/C(=O)NCCC(=O)O)cc1. The molecule has 0 bridgehead atoms. The van der Waals surface area contributed by atoms with E-state index in [9.17, 15) is 9.59 Å². The van der Waals surface area contributed by atoms with Gasteiger partial charge >= 0.3 is 5.97 Å². The van der Waals surface area contributed by atoms with E-state index in [4.69, 9.17) is 9.84 Å². The van der Waals surface area contributed by atoms with E-state index in [2.05, 4.69) is 5.32 Å². The molecule has 0 radical (unpaired) electrons. The molecule has 2 N–H and O–H groups in total. The molecule has 0 aromatic heterocycles. The highest BCUT2D eigenvalue weighted by Gasteiger charge is 1.99. The third-order valence-electron chi connectivity index (χ3n) is 2.42. The van der Waals surface area contributed by atoms with Crippen molar-refractivity contribution in [3.05, 3.63) is 35.9 Å². The number of carbonyl (C=O) groups excluding carboxylic acids is 1. The van der Waals surface area contributed by atoms with Crippen LogP contribution in [0.15, 0.2) is 30.3 Å². The van der Waals surface area contributed by atoms with Gasteiger partial charge in [-0.05, 0) is 30.2 Å². The molecule has 0 saturated carbocycles. The van der Waals surface area contributed by atoms with Crippen molar-refractivity contribution < 1.29 is 19.4 Å². The van der Waals surface area contributed by atoms with E-state index in [0.29, 0.717) is 6.61 Å². The first-order chi connectivity index (χ1) is 9.61. The van der Waals surface area contributed by atoms with Crippen LogP contribution in [0.1, 0.15) is 25.3 Å². The number of rotatable bonds is 8. The summed E-state index contributed by atoms with van der Waals surface area (Å²) in [6, 6.07) is 7.40. The summed E-state index contributed by atoms with van der Waals surface area (Å²) in [6.07, 6.45) is 3.92. The number of carboxylic acids is 1.